The van der Waals surface area contributed by atoms with Crippen molar-refractivity contribution < 1.29 is 5.11 Å². The molecule has 1 aliphatic rings. The lowest BCUT2D eigenvalue weighted by Crippen LogP contribution is -2.04. The number of benzene rings is 2. The van der Waals surface area contributed by atoms with Gasteiger partial charge < -0.3 is 15.0 Å². The summed E-state index contributed by atoms with van der Waals surface area (Å²) in [7, 11) is 0. The number of nitrogens with zero attached hydrogens (tertiary/aromatic N) is 2. The van der Waals surface area contributed by atoms with Crippen molar-refractivity contribution in [2.45, 2.75) is 13.0 Å². The number of anilines is 1. The van der Waals surface area contributed by atoms with Crippen LogP contribution in [-0.4, -0.2) is 27.8 Å². The molecule has 0 atom stereocenters. The highest BCUT2D eigenvalue weighted by Gasteiger charge is 2.15. The summed E-state index contributed by atoms with van der Waals surface area (Å²) in [5, 5.41) is 12.7. The Bertz CT molecular complexity index is 807. The van der Waals surface area contributed by atoms with E-state index in [9.17, 15) is 5.11 Å². The van der Waals surface area contributed by atoms with Crippen LogP contribution in [0.3, 0.4) is 0 Å². The Morgan fingerprint density at radius 3 is 3.00 bits per heavy atom. The van der Waals surface area contributed by atoms with Crippen molar-refractivity contribution in [3.63, 3.8) is 0 Å². The molecule has 0 radical (unpaired) electrons. The molecule has 4 rings (SSSR count). The molecule has 0 unspecified atom stereocenters. The van der Waals surface area contributed by atoms with Crippen LogP contribution in [-0.2, 0) is 13.0 Å². The third-order valence-electron chi connectivity index (χ3n) is 4.05. The number of fused-ring (bicyclic) bond motifs is 2. The number of para-hydroxylation sites is 2. The van der Waals surface area contributed by atoms with Crippen LogP contribution >= 0.6 is 0 Å². The highest BCUT2D eigenvalue weighted by atomic mass is 16.3. The number of rotatable bonds is 3. The second-order valence-corrected chi connectivity index (χ2v) is 5.35. The number of aliphatic hydroxyl groups excluding tert-OH is 1. The molecule has 2 heterocycles. The molecule has 3 aromatic rings. The van der Waals surface area contributed by atoms with E-state index in [1.165, 1.54) is 11.3 Å². The van der Waals surface area contributed by atoms with Crippen molar-refractivity contribution in [1.29, 1.82) is 0 Å². The van der Waals surface area contributed by atoms with Crippen LogP contribution in [0.4, 0.5) is 5.69 Å². The van der Waals surface area contributed by atoms with Crippen LogP contribution in [0.5, 0.6) is 0 Å². The van der Waals surface area contributed by atoms with Crippen LogP contribution in [0.15, 0.2) is 42.5 Å². The molecule has 4 nitrogen and oxygen atoms in total. The molecule has 1 aromatic heterocycles. The molecule has 0 saturated carbocycles. The van der Waals surface area contributed by atoms with Gasteiger partial charge in [-0.3, -0.25) is 0 Å². The molecule has 2 N–H and O–H groups in total. The smallest absolute Gasteiger partial charge is 0.141 e. The highest BCUT2D eigenvalue weighted by molar-refractivity contribution is 5.81. The molecule has 0 bridgehead atoms. The van der Waals surface area contributed by atoms with Crippen molar-refractivity contribution >= 4 is 16.7 Å². The Hall–Kier alpha value is -2.33. The minimum atomic E-state index is 0.111. The predicted molar refractivity (Wildman–Crippen MR) is 84.4 cm³/mol. The lowest BCUT2D eigenvalue weighted by molar-refractivity contribution is 0.278. The minimum absolute atomic E-state index is 0.111. The molecule has 2 aromatic carbocycles. The predicted octanol–water partition coefficient (Wildman–Crippen LogP) is 2.66. The fourth-order valence-corrected chi connectivity index (χ4v) is 3.07. The molecule has 0 aliphatic carbocycles. The zero-order chi connectivity index (χ0) is 14.2. The standard InChI is InChI=1S/C17H17N3O/c21-10-9-20-16-4-2-1-3-15(16)19-17(20)13-5-6-14-12(11-13)7-8-18-14/h1-6,11,18,21H,7-10H2. The molecule has 0 saturated heterocycles. The fraction of sp³-hybridized carbons (Fsp3) is 0.235. The number of aliphatic hydroxyl groups is 1. The van der Waals surface area contributed by atoms with Crippen molar-refractivity contribution in [3.05, 3.63) is 48.0 Å². The molecule has 106 valence electrons. The fourth-order valence-electron chi connectivity index (χ4n) is 3.07. The molecule has 1 aliphatic heterocycles. The van der Waals surface area contributed by atoms with E-state index in [1.54, 1.807) is 0 Å². The average Bonchev–Trinajstić information content (AvgIpc) is 3.11. The van der Waals surface area contributed by atoms with Gasteiger partial charge in [-0.25, -0.2) is 4.98 Å². The lowest BCUT2D eigenvalue weighted by atomic mass is 10.1. The quantitative estimate of drug-likeness (QED) is 0.775. The van der Waals surface area contributed by atoms with E-state index in [2.05, 4.69) is 34.1 Å². The zero-order valence-corrected chi connectivity index (χ0v) is 11.7. The third-order valence-corrected chi connectivity index (χ3v) is 4.05. The van der Waals surface area contributed by atoms with E-state index < -0.39 is 0 Å². The van der Waals surface area contributed by atoms with Gasteiger partial charge in [-0.05, 0) is 42.3 Å². The van der Waals surface area contributed by atoms with Crippen LogP contribution in [0.25, 0.3) is 22.4 Å². The summed E-state index contributed by atoms with van der Waals surface area (Å²) in [6, 6.07) is 14.5. The van der Waals surface area contributed by atoms with Crippen molar-refractivity contribution in [2.75, 3.05) is 18.5 Å². The average molecular weight is 279 g/mol. The van der Waals surface area contributed by atoms with Gasteiger partial charge >= 0.3 is 0 Å². The number of hydrogen-bond donors (Lipinski definition) is 2. The Balaban J connectivity index is 1.91. The summed E-state index contributed by atoms with van der Waals surface area (Å²) in [5.74, 6) is 0.931. The summed E-state index contributed by atoms with van der Waals surface area (Å²) in [6.07, 6.45) is 1.06. The van der Waals surface area contributed by atoms with Crippen molar-refractivity contribution in [2.24, 2.45) is 0 Å². The first-order chi connectivity index (χ1) is 10.4. The number of imidazole rings is 1. The van der Waals surface area contributed by atoms with Gasteiger partial charge in [-0.1, -0.05) is 12.1 Å². The van der Waals surface area contributed by atoms with Crippen LogP contribution in [0, 0.1) is 0 Å². The van der Waals surface area contributed by atoms with E-state index in [4.69, 9.17) is 4.98 Å². The van der Waals surface area contributed by atoms with Gasteiger partial charge in [-0.15, -0.1) is 0 Å². The molecule has 21 heavy (non-hydrogen) atoms. The first-order valence-electron chi connectivity index (χ1n) is 7.30. The maximum Gasteiger partial charge on any atom is 0.141 e. The molecule has 0 fully saturated rings. The van der Waals surface area contributed by atoms with Crippen LogP contribution < -0.4 is 5.32 Å². The lowest BCUT2D eigenvalue weighted by Gasteiger charge is -2.09. The van der Waals surface area contributed by atoms with E-state index in [-0.39, 0.29) is 6.61 Å². The highest BCUT2D eigenvalue weighted by Crippen LogP contribution is 2.30. The summed E-state index contributed by atoms with van der Waals surface area (Å²) in [5.41, 5.74) is 5.72. The van der Waals surface area contributed by atoms with Crippen molar-refractivity contribution in [3.8, 4) is 11.4 Å². The Labute approximate surface area is 123 Å². The summed E-state index contributed by atoms with van der Waals surface area (Å²) in [4.78, 5) is 4.76. The number of nitrogens with one attached hydrogen (secondary N) is 1. The Morgan fingerprint density at radius 1 is 1.19 bits per heavy atom. The number of hydrogen-bond acceptors (Lipinski definition) is 3. The zero-order valence-electron chi connectivity index (χ0n) is 11.7. The van der Waals surface area contributed by atoms with Gasteiger partial charge in [0.15, 0.2) is 0 Å². The summed E-state index contributed by atoms with van der Waals surface area (Å²) >= 11 is 0. The molecular weight excluding hydrogens is 262 g/mol. The topological polar surface area (TPSA) is 50.1 Å². The van der Waals surface area contributed by atoms with Gasteiger partial charge in [0.2, 0.25) is 0 Å². The summed E-state index contributed by atoms with van der Waals surface area (Å²) < 4.78 is 2.10. The van der Waals surface area contributed by atoms with Crippen LogP contribution in [0.2, 0.25) is 0 Å². The van der Waals surface area contributed by atoms with Gasteiger partial charge in [0, 0.05) is 24.3 Å². The maximum atomic E-state index is 9.37. The van der Waals surface area contributed by atoms with Gasteiger partial charge in [0.25, 0.3) is 0 Å². The Morgan fingerprint density at radius 2 is 2.10 bits per heavy atom. The monoisotopic (exact) mass is 279 g/mol. The number of aromatic nitrogens is 2. The third kappa shape index (κ3) is 1.99. The molecule has 0 amide bonds. The molecule has 4 heteroatoms. The van der Waals surface area contributed by atoms with Crippen molar-refractivity contribution in [1.82, 2.24) is 9.55 Å². The van der Waals surface area contributed by atoms with Gasteiger partial charge in [0.1, 0.15) is 5.82 Å². The minimum Gasteiger partial charge on any atom is -0.395 e. The molecular formula is C17H17N3O. The SMILES string of the molecule is OCCn1c(-c2ccc3c(c2)CCN3)nc2ccccc21. The second kappa shape index (κ2) is 4.90. The molecule has 0 spiro atoms. The summed E-state index contributed by atoms with van der Waals surface area (Å²) in [6.45, 7) is 1.68. The van der Waals surface area contributed by atoms with E-state index in [0.717, 1.165) is 35.4 Å². The van der Waals surface area contributed by atoms with Gasteiger partial charge in [-0.2, -0.15) is 0 Å². The first kappa shape index (κ1) is 12.4. The second-order valence-electron chi connectivity index (χ2n) is 5.35. The van der Waals surface area contributed by atoms with E-state index in [1.807, 2.05) is 18.2 Å². The normalized spacial score (nSPS) is 13.4. The van der Waals surface area contributed by atoms with E-state index >= 15 is 0 Å². The maximum absolute atomic E-state index is 9.37. The largest absolute Gasteiger partial charge is 0.395 e. The van der Waals surface area contributed by atoms with Crippen LogP contribution in [0.1, 0.15) is 5.56 Å². The Kier molecular flexibility index (Phi) is 2.89. The van der Waals surface area contributed by atoms with E-state index in [0.29, 0.717) is 6.54 Å². The van der Waals surface area contributed by atoms with Gasteiger partial charge in [0.05, 0.1) is 17.6 Å². The first-order valence-corrected chi connectivity index (χ1v) is 7.30.